The standard InChI is InChI=1S/2C10H17N/c2*1-10(2,3)7-9-5-6-11(4)8-9/h2*5-6,8H,7H2,1-4H3. The number of aryl methyl sites for hydroxylation is 2. The van der Waals surface area contributed by atoms with Gasteiger partial charge in [-0.3, -0.25) is 0 Å². The van der Waals surface area contributed by atoms with Crippen molar-refractivity contribution in [2.24, 2.45) is 24.9 Å². The van der Waals surface area contributed by atoms with Gasteiger partial charge in [-0.15, -0.1) is 0 Å². The molecule has 0 aliphatic carbocycles. The number of aromatic nitrogens is 2. The molecule has 2 rings (SSSR count). The maximum Gasteiger partial charge on any atom is 0.0106 e. The molecule has 2 aromatic rings. The van der Waals surface area contributed by atoms with Crippen LogP contribution >= 0.6 is 0 Å². The number of rotatable bonds is 2. The van der Waals surface area contributed by atoms with Crippen LogP contribution in [0.15, 0.2) is 36.9 Å². The van der Waals surface area contributed by atoms with E-state index in [1.54, 1.807) is 0 Å². The number of nitrogens with zero attached hydrogens (tertiary/aromatic N) is 2. The van der Waals surface area contributed by atoms with Crippen molar-refractivity contribution in [3.8, 4) is 0 Å². The van der Waals surface area contributed by atoms with Crippen LogP contribution in [0.5, 0.6) is 0 Å². The summed E-state index contributed by atoms with van der Waals surface area (Å²) in [5.74, 6) is 0. The lowest BCUT2D eigenvalue weighted by atomic mass is 9.89. The quantitative estimate of drug-likeness (QED) is 0.719. The van der Waals surface area contributed by atoms with E-state index in [0.717, 1.165) is 12.8 Å². The molecule has 0 amide bonds. The van der Waals surface area contributed by atoms with Crippen molar-refractivity contribution in [3.05, 3.63) is 48.0 Å². The fourth-order valence-electron chi connectivity index (χ4n) is 2.56. The van der Waals surface area contributed by atoms with Gasteiger partial charge in [0.2, 0.25) is 0 Å². The molecular formula is C20H34N2. The zero-order chi connectivity index (χ0) is 17.0. The molecule has 0 aliphatic heterocycles. The van der Waals surface area contributed by atoms with Crippen LogP contribution in [0.2, 0.25) is 0 Å². The summed E-state index contributed by atoms with van der Waals surface area (Å²) in [7, 11) is 4.12. The van der Waals surface area contributed by atoms with Gasteiger partial charge in [-0.05, 0) is 46.9 Å². The second-order valence-electron chi connectivity index (χ2n) is 8.85. The van der Waals surface area contributed by atoms with E-state index in [9.17, 15) is 0 Å². The average Bonchev–Trinajstić information content (AvgIpc) is 2.84. The SMILES string of the molecule is Cn1ccc(CC(C)(C)C)c1.Cn1ccc(CC(C)(C)C)c1. The molecule has 2 nitrogen and oxygen atoms in total. The van der Waals surface area contributed by atoms with Crippen LogP contribution in [0.25, 0.3) is 0 Å². The van der Waals surface area contributed by atoms with Crippen LogP contribution in [-0.4, -0.2) is 9.13 Å². The summed E-state index contributed by atoms with van der Waals surface area (Å²) in [6, 6.07) is 4.37. The summed E-state index contributed by atoms with van der Waals surface area (Å²) in [6.07, 6.45) is 10.9. The van der Waals surface area contributed by atoms with Crippen LogP contribution in [0.4, 0.5) is 0 Å². The van der Waals surface area contributed by atoms with E-state index in [2.05, 4.69) is 102 Å². The Morgan fingerprint density at radius 1 is 0.682 bits per heavy atom. The maximum absolute atomic E-state index is 2.26. The van der Waals surface area contributed by atoms with Gasteiger partial charge in [0.05, 0.1) is 0 Å². The summed E-state index contributed by atoms with van der Waals surface area (Å²) in [5, 5.41) is 0. The van der Waals surface area contributed by atoms with Crippen LogP contribution in [0, 0.1) is 10.8 Å². The van der Waals surface area contributed by atoms with Gasteiger partial charge < -0.3 is 9.13 Å². The van der Waals surface area contributed by atoms with Crippen LogP contribution in [-0.2, 0) is 26.9 Å². The first kappa shape index (κ1) is 18.6. The first-order valence-corrected chi connectivity index (χ1v) is 8.16. The largest absolute Gasteiger partial charge is 0.357 e. The van der Waals surface area contributed by atoms with Gasteiger partial charge >= 0.3 is 0 Å². The van der Waals surface area contributed by atoms with Gasteiger partial charge in [0.15, 0.2) is 0 Å². The lowest BCUT2D eigenvalue weighted by molar-refractivity contribution is 0.411. The average molecular weight is 303 g/mol. The Morgan fingerprint density at radius 2 is 1.00 bits per heavy atom. The molecule has 0 radical (unpaired) electrons. The molecule has 0 aromatic carbocycles. The van der Waals surface area contributed by atoms with Crippen molar-refractivity contribution in [3.63, 3.8) is 0 Å². The Labute approximate surface area is 137 Å². The molecule has 0 spiro atoms. The molecule has 2 heteroatoms. The third-order valence-corrected chi connectivity index (χ3v) is 3.26. The fourth-order valence-corrected chi connectivity index (χ4v) is 2.56. The summed E-state index contributed by atoms with van der Waals surface area (Å²) in [4.78, 5) is 0. The minimum absolute atomic E-state index is 0.404. The second-order valence-corrected chi connectivity index (χ2v) is 8.85. The lowest BCUT2D eigenvalue weighted by Gasteiger charge is -2.16. The van der Waals surface area contributed by atoms with E-state index in [4.69, 9.17) is 0 Å². The zero-order valence-corrected chi connectivity index (χ0v) is 15.8. The Morgan fingerprint density at radius 3 is 1.18 bits per heavy atom. The van der Waals surface area contributed by atoms with Crippen molar-refractivity contribution in [1.82, 2.24) is 9.13 Å². The Kier molecular flexibility index (Phi) is 6.10. The first-order chi connectivity index (χ1) is 9.94. The highest BCUT2D eigenvalue weighted by atomic mass is 14.9. The van der Waals surface area contributed by atoms with Gasteiger partial charge in [-0.2, -0.15) is 0 Å². The van der Waals surface area contributed by atoms with Crippen molar-refractivity contribution < 1.29 is 0 Å². The highest BCUT2D eigenvalue weighted by Crippen LogP contribution is 2.20. The number of hydrogen-bond acceptors (Lipinski definition) is 0. The van der Waals surface area contributed by atoms with E-state index < -0.39 is 0 Å². The predicted octanol–water partition coefficient (Wildman–Crippen LogP) is 5.23. The molecule has 0 unspecified atom stereocenters. The molecule has 124 valence electrons. The first-order valence-electron chi connectivity index (χ1n) is 8.16. The van der Waals surface area contributed by atoms with Crippen molar-refractivity contribution >= 4 is 0 Å². The van der Waals surface area contributed by atoms with E-state index >= 15 is 0 Å². The smallest absolute Gasteiger partial charge is 0.0106 e. The maximum atomic E-state index is 2.26. The second kappa shape index (κ2) is 7.21. The van der Waals surface area contributed by atoms with E-state index in [-0.39, 0.29) is 0 Å². The van der Waals surface area contributed by atoms with Gasteiger partial charge in [-0.25, -0.2) is 0 Å². The normalized spacial score (nSPS) is 12.0. The summed E-state index contributed by atoms with van der Waals surface area (Å²) >= 11 is 0. The van der Waals surface area contributed by atoms with Crippen molar-refractivity contribution in [1.29, 1.82) is 0 Å². The monoisotopic (exact) mass is 302 g/mol. The topological polar surface area (TPSA) is 9.86 Å². The molecule has 0 fully saturated rings. The molecule has 2 aromatic heterocycles. The fraction of sp³-hybridized carbons (Fsp3) is 0.600. The molecule has 22 heavy (non-hydrogen) atoms. The summed E-state index contributed by atoms with van der Waals surface area (Å²) in [6.45, 7) is 13.6. The van der Waals surface area contributed by atoms with Crippen LogP contribution in [0.1, 0.15) is 52.7 Å². The van der Waals surface area contributed by atoms with Crippen molar-refractivity contribution in [2.75, 3.05) is 0 Å². The Bertz CT molecular complexity index is 507. The molecule has 0 N–H and O–H groups in total. The van der Waals surface area contributed by atoms with Gasteiger partial charge in [0.25, 0.3) is 0 Å². The number of hydrogen-bond donors (Lipinski definition) is 0. The molecule has 0 bridgehead atoms. The highest BCUT2D eigenvalue weighted by molar-refractivity contribution is 5.12. The van der Waals surface area contributed by atoms with Crippen LogP contribution < -0.4 is 0 Å². The van der Waals surface area contributed by atoms with E-state index in [1.807, 2.05) is 0 Å². The highest BCUT2D eigenvalue weighted by Gasteiger charge is 2.11. The molecule has 2 heterocycles. The van der Waals surface area contributed by atoms with Crippen molar-refractivity contribution in [2.45, 2.75) is 54.4 Å². The predicted molar refractivity (Wildman–Crippen MR) is 97.1 cm³/mol. The third-order valence-electron chi connectivity index (χ3n) is 3.26. The van der Waals surface area contributed by atoms with Gasteiger partial charge in [0, 0.05) is 38.9 Å². The van der Waals surface area contributed by atoms with Gasteiger partial charge in [-0.1, -0.05) is 41.5 Å². The minimum atomic E-state index is 0.404. The van der Waals surface area contributed by atoms with E-state index in [0.29, 0.717) is 10.8 Å². The molecule has 0 saturated carbocycles. The summed E-state index contributed by atoms with van der Waals surface area (Å²) in [5.41, 5.74) is 3.67. The molecule has 0 atom stereocenters. The third kappa shape index (κ3) is 8.11. The lowest BCUT2D eigenvalue weighted by Crippen LogP contribution is -2.08. The molecule has 0 saturated heterocycles. The van der Waals surface area contributed by atoms with Gasteiger partial charge in [0.1, 0.15) is 0 Å². The summed E-state index contributed by atoms with van der Waals surface area (Å²) < 4.78 is 4.20. The zero-order valence-electron chi connectivity index (χ0n) is 15.8. The molecule has 0 aliphatic rings. The minimum Gasteiger partial charge on any atom is -0.357 e. The molecular weight excluding hydrogens is 268 g/mol. The Balaban J connectivity index is 0.000000220. The van der Waals surface area contributed by atoms with E-state index in [1.165, 1.54) is 11.1 Å². The Hall–Kier alpha value is -1.44. The van der Waals surface area contributed by atoms with Crippen LogP contribution in [0.3, 0.4) is 0 Å².